The Labute approximate surface area is 189 Å². The van der Waals surface area contributed by atoms with Crippen LogP contribution in [0.15, 0.2) is 59.7 Å². The molecule has 0 aliphatic rings. The van der Waals surface area contributed by atoms with Gasteiger partial charge in [-0.2, -0.15) is 9.61 Å². The molecule has 166 valence electrons. The molecule has 5 rings (SSSR count). The Morgan fingerprint density at radius 1 is 0.939 bits per heavy atom. The zero-order chi connectivity index (χ0) is 22.9. The van der Waals surface area contributed by atoms with E-state index in [1.807, 2.05) is 55.5 Å². The van der Waals surface area contributed by atoms with E-state index in [4.69, 9.17) is 9.47 Å². The summed E-state index contributed by atoms with van der Waals surface area (Å²) >= 11 is 0. The number of hydrogen-bond donors (Lipinski definition) is 0. The molecule has 9 heteroatoms. The van der Waals surface area contributed by atoms with Gasteiger partial charge in [0.25, 0.3) is 5.56 Å². The standard InChI is InChI=1S/C24H22N6O3/c1-15-20(17-7-5-4-6-8-17)22-27-26-21-23(30(22)28-15)25-14-29(24(21)31)12-11-16-9-10-18(32-2)19(13-16)33-3/h4-10,13-14H,11-12H2,1-3H3. The highest BCUT2D eigenvalue weighted by molar-refractivity contribution is 5.83. The molecule has 2 aromatic carbocycles. The molecule has 3 aromatic heterocycles. The van der Waals surface area contributed by atoms with Crippen LogP contribution in [0.25, 0.3) is 27.9 Å². The second-order valence-electron chi connectivity index (χ2n) is 7.62. The second-order valence-corrected chi connectivity index (χ2v) is 7.62. The summed E-state index contributed by atoms with van der Waals surface area (Å²) in [4.78, 5) is 17.6. The molecule has 9 nitrogen and oxygen atoms in total. The molecule has 33 heavy (non-hydrogen) atoms. The molecular weight excluding hydrogens is 420 g/mol. The van der Waals surface area contributed by atoms with E-state index >= 15 is 0 Å². The number of rotatable bonds is 6. The summed E-state index contributed by atoms with van der Waals surface area (Å²) in [6.45, 7) is 2.34. The number of hydrogen-bond acceptors (Lipinski definition) is 7. The van der Waals surface area contributed by atoms with Crippen molar-refractivity contribution < 1.29 is 9.47 Å². The SMILES string of the molecule is COc1ccc(CCn2cnc3c(nnc4c(-c5ccccc5)c(C)nn43)c2=O)cc1OC. The molecule has 0 N–H and O–H groups in total. The average molecular weight is 442 g/mol. The Morgan fingerprint density at radius 3 is 2.48 bits per heavy atom. The first-order valence-corrected chi connectivity index (χ1v) is 10.5. The quantitative estimate of drug-likeness (QED) is 0.399. The van der Waals surface area contributed by atoms with Crippen LogP contribution in [0.3, 0.4) is 0 Å². The van der Waals surface area contributed by atoms with Crippen molar-refractivity contribution in [3.63, 3.8) is 0 Å². The van der Waals surface area contributed by atoms with Gasteiger partial charge in [-0.15, -0.1) is 10.2 Å². The van der Waals surface area contributed by atoms with E-state index in [9.17, 15) is 4.79 Å². The maximum absolute atomic E-state index is 13.1. The van der Waals surface area contributed by atoms with Crippen molar-refractivity contribution in [3.05, 3.63) is 76.5 Å². The Balaban J connectivity index is 1.51. The van der Waals surface area contributed by atoms with Crippen LogP contribution in [-0.4, -0.2) is 43.6 Å². The van der Waals surface area contributed by atoms with Crippen LogP contribution in [0, 0.1) is 6.92 Å². The number of aryl methyl sites for hydroxylation is 3. The molecule has 0 fully saturated rings. The number of fused-ring (bicyclic) bond motifs is 3. The third-order valence-corrected chi connectivity index (χ3v) is 5.63. The summed E-state index contributed by atoms with van der Waals surface area (Å²) in [5.41, 5.74) is 4.55. The molecular formula is C24H22N6O3. The number of benzene rings is 2. The number of methoxy groups -OCH3 is 2. The maximum Gasteiger partial charge on any atom is 0.283 e. The molecule has 5 aromatic rings. The minimum Gasteiger partial charge on any atom is -0.493 e. The van der Waals surface area contributed by atoms with Gasteiger partial charge in [-0.25, -0.2) is 4.98 Å². The molecule has 0 spiro atoms. The Hall–Kier alpha value is -4.27. The van der Waals surface area contributed by atoms with Gasteiger partial charge in [0.05, 0.1) is 25.5 Å². The van der Waals surface area contributed by atoms with E-state index in [-0.39, 0.29) is 11.1 Å². The van der Waals surface area contributed by atoms with Crippen molar-refractivity contribution >= 4 is 16.8 Å². The lowest BCUT2D eigenvalue weighted by atomic mass is 10.1. The Morgan fingerprint density at radius 2 is 1.73 bits per heavy atom. The van der Waals surface area contributed by atoms with Gasteiger partial charge in [-0.3, -0.25) is 9.36 Å². The zero-order valence-corrected chi connectivity index (χ0v) is 18.5. The predicted octanol–water partition coefficient (Wildman–Crippen LogP) is 3.07. The van der Waals surface area contributed by atoms with Crippen molar-refractivity contribution in [2.24, 2.45) is 0 Å². The summed E-state index contributed by atoms with van der Waals surface area (Å²) < 4.78 is 13.8. The molecule has 0 aliphatic heterocycles. The van der Waals surface area contributed by atoms with Gasteiger partial charge in [0, 0.05) is 6.54 Å². The minimum absolute atomic E-state index is 0.180. The van der Waals surface area contributed by atoms with Crippen LogP contribution in [0.5, 0.6) is 11.5 Å². The summed E-state index contributed by atoms with van der Waals surface area (Å²) in [6.07, 6.45) is 2.15. The van der Waals surface area contributed by atoms with Crippen molar-refractivity contribution in [3.8, 4) is 22.6 Å². The third-order valence-electron chi connectivity index (χ3n) is 5.63. The molecule has 3 heterocycles. The van der Waals surface area contributed by atoms with E-state index in [1.165, 1.54) is 10.9 Å². The first-order valence-electron chi connectivity index (χ1n) is 10.5. The molecule has 0 aliphatic carbocycles. The lowest BCUT2D eigenvalue weighted by Gasteiger charge is -2.10. The fourth-order valence-corrected chi connectivity index (χ4v) is 3.95. The lowest BCUT2D eigenvalue weighted by molar-refractivity contribution is 0.354. The zero-order valence-electron chi connectivity index (χ0n) is 18.5. The third kappa shape index (κ3) is 3.57. The van der Waals surface area contributed by atoms with Gasteiger partial charge < -0.3 is 9.47 Å². The van der Waals surface area contributed by atoms with E-state index < -0.39 is 0 Å². The fourth-order valence-electron chi connectivity index (χ4n) is 3.95. The van der Waals surface area contributed by atoms with E-state index in [0.29, 0.717) is 35.8 Å². The van der Waals surface area contributed by atoms with Gasteiger partial charge in [-0.1, -0.05) is 36.4 Å². The molecule has 0 bridgehead atoms. The predicted molar refractivity (Wildman–Crippen MR) is 124 cm³/mol. The normalized spacial score (nSPS) is 11.2. The van der Waals surface area contributed by atoms with Crippen molar-refractivity contribution in [2.75, 3.05) is 14.2 Å². The highest BCUT2D eigenvalue weighted by atomic mass is 16.5. The van der Waals surface area contributed by atoms with Gasteiger partial charge in [-0.05, 0) is 36.6 Å². The average Bonchev–Trinajstić information content (AvgIpc) is 3.20. The van der Waals surface area contributed by atoms with Gasteiger partial charge in [0.1, 0.15) is 6.33 Å². The number of nitrogens with zero attached hydrogens (tertiary/aromatic N) is 6. The van der Waals surface area contributed by atoms with E-state index in [1.54, 1.807) is 18.7 Å². The fraction of sp³-hybridized carbons (Fsp3) is 0.208. The minimum atomic E-state index is -0.260. The molecule has 0 atom stereocenters. The number of aromatic nitrogens is 6. The largest absolute Gasteiger partial charge is 0.493 e. The van der Waals surface area contributed by atoms with E-state index in [2.05, 4.69) is 20.3 Å². The van der Waals surface area contributed by atoms with Crippen molar-refractivity contribution in [2.45, 2.75) is 19.9 Å². The van der Waals surface area contributed by atoms with Crippen molar-refractivity contribution in [1.82, 2.24) is 29.4 Å². The monoisotopic (exact) mass is 442 g/mol. The Bertz CT molecular complexity index is 1520. The Kier molecular flexibility index (Phi) is 5.21. The van der Waals surface area contributed by atoms with Gasteiger partial charge >= 0.3 is 0 Å². The summed E-state index contributed by atoms with van der Waals surface area (Å²) in [5.74, 6) is 1.31. The maximum atomic E-state index is 13.1. The molecule has 0 unspecified atom stereocenters. The molecule has 0 saturated carbocycles. The molecule has 0 amide bonds. The summed E-state index contributed by atoms with van der Waals surface area (Å²) in [7, 11) is 3.19. The highest BCUT2D eigenvalue weighted by Gasteiger charge is 2.18. The first kappa shape index (κ1) is 20.6. The lowest BCUT2D eigenvalue weighted by Crippen LogP contribution is -2.24. The highest BCUT2D eigenvalue weighted by Crippen LogP contribution is 2.28. The second kappa shape index (κ2) is 8.34. The van der Waals surface area contributed by atoms with Gasteiger partial charge in [0.2, 0.25) is 0 Å². The molecule has 0 radical (unpaired) electrons. The first-order chi connectivity index (χ1) is 16.1. The molecule has 0 saturated heterocycles. The van der Waals surface area contributed by atoms with Crippen LogP contribution in [0.1, 0.15) is 11.3 Å². The van der Waals surface area contributed by atoms with E-state index in [0.717, 1.165) is 22.4 Å². The smallest absolute Gasteiger partial charge is 0.283 e. The van der Waals surface area contributed by atoms with Crippen molar-refractivity contribution in [1.29, 1.82) is 0 Å². The van der Waals surface area contributed by atoms with Crippen LogP contribution in [0.4, 0.5) is 0 Å². The van der Waals surface area contributed by atoms with Crippen LogP contribution < -0.4 is 15.0 Å². The van der Waals surface area contributed by atoms with Crippen LogP contribution in [0.2, 0.25) is 0 Å². The van der Waals surface area contributed by atoms with Crippen LogP contribution in [-0.2, 0) is 13.0 Å². The number of ether oxygens (including phenoxy) is 2. The summed E-state index contributed by atoms with van der Waals surface area (Å²) in [6, 6.07) is 15.6. The summed E-state index contributed by atoms with van der Waals surface area (Å²) in [5, 5.41) is 13.2. The van der Waals surface area contributed by atoms with Crippen LogP contribution >= 0.6 is 0 Å². The topological polar surface area (TPSA) is 96.4 Å². The van der Waals surface area contributed by atoms with Gasteiger partial charge in [0.15, 0.2) is 28.3 Å².